The molecular weight excluding hydrogens is 222 g/mol. The molecule has 0 saturated heterocycles. The summed E-state index contributed by atoms with van der Waals surface area (Å²) in [6.07, 6.45) is 3.55. The average molecular weight is 251 g/mol. The quantitative estimate of drug-likeness (QED) is 0.777. The lowest BCUT2D eigenvalue weighted by atomic mass is 9.91. The normalized spacial score (nSPS) is 13.8. The molecule has 1 rings (SSSR count). The molecule has 2 heteroatoms. The Bertz CT molecular complexity index is 335. The number of nitrogens with one attached hydrogen (secondary N) is 1. The van der Waals surface area contributed by atoms with E-state index in [1.165, 1.54) is 12.8 Å². The van der Waals surface area contributed by atoms with Crippen molar-refractivity contribution in [1.82, 2.24) is 5.32 Å². The first-order valence-electron chi connectivity index (χ1n) is 7.19. The molecule has 0 saturated carbocycles. The van der Waals surface area contributed by atoms with Crippen LogP contribution in [0.25, 0.3) is 0 Å². The van der Waals surface area contributed by atoms with Gasteiger partial charge < -0.3 is 9.73 Å². The van der Waals surface area contributed by atoms with Crippen LogP contribution in [0.4, 0.5) is 0 Å². The van der Waals surface area contributed by atoms with Crippen molar-refractivity contribution < 1.29 is 4.42 Å². The Morgan fingerprint density at radius 1 is 1.22 bits per heavy atom. The summed E-state index contributed by atoms with van der Waals surface area (Å²) in [6.45, 7) is 13.2. The molecule has 0 bridgehead atoms. The molecule has 1 N–H and O–H groups in total. The molecule has 0 fully saturated rings. The van der Waals surface area contributed by atoms with E-state index in [-0.39, 0.29) is 5.41 Å². The monoisotopic (exact) mass is 251 g/mol. The Labute approximate surface area is 112 Å². The lowest BCUT2D eigenvalue weighted by Crippen LogP contribution is -2.20. The van der Waals surface area contributed by atoms with Gasteiger partial charge >= 0.3 is 0 Å². The van der Waals surface area contributed by atoms with E-state index in [9.17, 15) is 0 Å². The smallest absolute Gasteiger partial charge is 0.117 e. The third kappa shape index (κ3) is 6.25. The molecule has 18 heavy (non-hydrogen) atoms. The molecule has 1 unspecified atom stereocenters. The van der Waals surface area contributed by atoms with Gasteiger partial charge in [0.05, 0.1) is 6.54 Å². The second-order valence-electron chi connectivity index (χ2n) is 6.63. The van der Waals surface area contributed by atoms with Crippen molar-refractivity contribution in [2.75, 3.05) is 6.54 Å². The van der Waals surface area contributed by atoms with Gasteiger partial charge in [-0.3, -0.25) is 0 Å². The van der Waals surface area contributed by atoms with Crippen LogP contribution in [0.2, 0.25) is 0 Å². The number of furan rings is 1. The molecule has 0 aliphatic heterocycles. The van der Waals surface area contributed by atoms with Gasteiger partial charge in [-0.1, -0.05) is 41.0 Å². The van der Waals surface area contributed by atoms with Gasteiger partial charge in [0, 0.05) is 6.42 Å². The first-order valence-corrected chi connectivity index (χ1v) is 7.19. The Hall–Kier alpha value is -0.760. The molecule has 0 aliphatic rings. The van der Waals surface area contributed by atoms with Crippen molar-refractivity contribution >= 4 is 0 Å². The summed E-state index contributed by atoms with van der Waals surface area (Å²) in [5, 5.41) is 3.47. The summed E-state index contributed by atoms with van der Waals surface area (Å²) in [6, 6.07) is 4.20. The van der Waals surface area contributed by atoms with E-state index in [0.29, 0.717) is 0 Å². The predicted octanol–water partition coefficient (Wildman–Crippen LogP) is 4.39. The Balaban J connectivity index is 2.31. The summed E-state index contributed by atoms with van der Waals surface area (Å²) in [7, 11) is 0. The van der Waals surface area contributed by atoms with Gasteiger partial charge in [0.2, 0.25) is 0 Å². The van der Waals surface area contributed by atoms with E-state index in [1.54, 1.807) is 0 Å². The molecule has 104 valence electrons. The third-order valence-corrected chi connectivity index (χ3v) is 3.00. The average Bonchev–Trinajstić information content (AvgIpc) is 2.63. The molecule has 1 aromatic rings. The third-order valence-electron chi connectivity index (χ3n) is 3.00. The number of rotatable bonds is 7. The van der Waals surface area contributed by atoms with Gasteiger partial charge in [-0.2, -0.15) is 0 Å². The molecule has 1 atom stereocenters. The fraction of sp³-hybridized carbons (Fsp3) is 0.750. The van der Waals surface area contributed by atoms with Crippen LogP contribution in [-0.4, -0.2) is 6.54 Å². The minimum absolute atomic E-state index is 0.290. The van der Waals surface area contributed by atoms with Gasteiger partial charge in [0.1, 0.15) is 11.5 Å². The van der Waals surface area contributed by atoms with Crippen molar-refractivity contribution in [2.45, 2.75) is 60.4 Å². The maximum Gasteiger partial charge on any atom is 0.117 e. The van der Waals surface area contributed by atoms with Crippen molar-refractivity contribution in [3.63, 3.8) is 0 Å². The van der Waals surface area contributed by atoms with Crippen LogP contribution in [0.15, 0.2) is 16.5 Å². The zero-order chi connectivity index (χ0) is 13.6. The molecule has 0 amide bonds. The minimum atomic E-state index is 0.290. The SMILES string of the molecule is CCCC(C)CNCc1ccc(CC(C)(C)C)o1. The zero-order valence-electron chi connectivity index (χ0n) is 12.7. The van der Waals surface area contributed by atoms with E-state index in [0.717, 1.165) is 36.9 Å². The van der Waals surface area contributed by atoms with E-state index in [4.69, 9.17) is 4.42 Å². The Kier molecular flexibility index (Phi) is 5.94. The van der Waals surface area contributed by atoms with Crippen LogP contribution in [0.5, 0.6) is 0 Å². The van der Waals surface area contributed by atoms with Gasteiger partial charge in [-0.25, -0.2) is 0 Å². The number of hydrogen-bond donors (Lipinski definition) is 1. The molecule has 2 nitrogen and oxygen atoms in total. The predicted molar refractivity (Wildman–Crippen MR) is 77.6 cm³/mol. The van der Waals surface area contributed by atoms with E-state index < -0.39 is 0 Å². The summed E-state index contributed by atoms with van der Waals surface area (Å²) in [5.41, 5.74) is 0.290. The lowest BCUT2D eigenvalue weighted by Gasteiger charge is -2.15. The maximum absolute atomic E-state index is 5.84. The van der Waals surface area contributed by atoms with Gasteiger partial charge in [0.25, 0.3) is 0 Å². The highest BCUT2D eigenvalue weighted by Crippen LogP contribution is 2.21. The van der Waals surface area contributed by atoms with Gasteiger partial charge in [-0.15, -0.1) is 0 Å². The lowest BCUT2D eigenvalue weighted by molar-refractivity contribution is 0.348. The standard InChI is InChI=1S/C16H29NO/c1-6-7-13(2)11-17-12-15-9-8-14(18-15)10-16(3,4)5/h8-9,13,17H,6-7,10-12H2,1-5H3. The molecule has 0 spiro atoms. The van der Waals surface area contributed by atoms with Crippen LogP contribution in [0.1, 0.15) is 59.0 Å². The van der Waals surface area contributed by atoms with E-state index in [2.05, 4.69) is 52.1 Å². The molecule has 1 aromatic heterocycles. The summed E-state index contributed by atoms with van der Waals surface area (Å²) < 4.78 is 5.84. The minimum Gasteiger partial charge on any atom is -0.465 e. The summed E-state index contributed by atoms with van der Waals surface area (Å²) in [4.78, 5) is 0. The Morgan fingerprint density at radius 2 is 1.89 bits per heavy atom. The second kappa shape index (κ2) is 6.98. The summed E-state index contributed by atoms with van der Waals surface area (Å²) in [5.74, 6) is 2.90. The maximum atomic E-state index is 5.84. The van der Waals surface area contributed by atoms with Crippen LogP contribution in [0, 0.1) is 11.3 Å². The van der Waals surface area contributed by atoms with Crippen molar-refractivity contribution in [3.05, 3.63) is 23.7 Å². The van der Waals surface area contributed by atoms with E-state index >= 15 is 0 Å². The topological polar surface area (TPSA) is 25.2 Å². The molecule has 1 heterocycles. The van der Waals surface area contributed by atoms with Gasteiger partial charge in [-0.05, 0) is 36.4 Å². The van der Waals surface area contributed by atoms with Crippen LogP contribution >= 0.6 is 0 Å². The molecule has 0 aliphatic carbocycles. The first-order chi connectivity index (χ1) is 8.40. The molecule has 0 radical (unpaired) electrons. The van der Waals surface area contributed by atoms with Crippen molar-refractivity contribution in [2.24, 2.45) is 11.3 Å². The second-order valence-corrected chi connectivity index (χ2v) is 6.63. The fourth-order valence-electron chi connectivity index (χ4n) is 2.17. The van der Waals surface area contributed by atoms with Crippen molar-refractivity contribution in [3.8, 4) is 0 Å². The highest BCUT2D eigenvalue weighted by atomic mass is 16.3. The van der Waals surface area contributed by atoms with Crippen LogP contribution < -0.4 is 5.32 Å². The van der Waals surface area contributed by atoms with Crippen LogP contribution in [-0.2, 0) is 13.0 Å². The first kappa shape index (κ1) is 15.3. The number of hydrogen-bond acceptors (Lipinski definition) is 2. The summed E-state index contributed by atoms with van der Waals surface area (Å²) >= 11 is 0. The largest absolute Gasteiger partial charge is 0.465 e. The van der Waals surface area contributed by atoms with Crippen LogP contribution in [0.3, 0.4) is 0 Å². The Morgan fingerprint density at radius 3 is 2.50 bits per heavy atom. The van der Waals surface area contributed by atoms with E-state index in [1.807, 2.05) is 0 Å². The van der Waals surface area contributed by atoms with Crippen molar-refractivity contribution in [1.29, 1.82) is 0 Å². The zero-order valence-corrected chi connectivity index (χ0v) is 12.7. The highest BCUT2D eigenvalue weighted by Gasteiger charge is 2.14. The highest BCUT2D eigenvalue weighted by molar-refractivity contribution is 5.08. The molecular formula is C16H29NO. The fourth-order valence-corrected chi connectivity index (χ4v) is 2.17. The molecule has 0 aromatic carbocycles. The van der Waals surface area contributed by atoms with Gasteiger partial charge in [0.15, 0.2) is 0 Å².